The first kappa shape index (κ1) is 16.3. The summed E-state index contributed by atoms with van der Waals surface area (Å²) in [5.41, 5.74) is 4.40. The summed E-state index contributed by atoms with van der Waals surface area (Å²) in [4.78, 5) is 16.8. The zero-order valence-corrected chi connectivity index (χ0v) is 13.5. The van der Waals surface area contributed by atoms with Gasteiger partial charge >= 0.3 is 0 Å². The molecule has 2 aromatic rings. The van der Waals surface area contributed by atoms with E-state index in [-0.39, 0.29) is 12.0 Å². The molecule has 1 aliphatic rings. The van der Waals surface area contributed by atoms with Gasteiger partial charge < -0.3 is 9.57 Å². The number of halogens is 1. The van der Waals surface area contributed by atoms with Crippen LogP contribution in [-0.4, -0.2) is 24.3 Å². The number of carbonyl (C=O) groups is 1. The number of nitrogens with zero attached hydrogens (tertiary/aromatic N) is 1. The Morgan fingerprint density at radius 3 is 2.62 bits per heavy atom. The summed E-state index contributed by atoms with van der Waals surface area (Å²) < 4.78 is 5.68. The van der Waals surface area contributed by atoms with Crippen LogP contribution in [-0.2, 0) is 4.84 Å². The SMILES string of the molecule is NNC(=O)c1ccc(OC[C@@H]2CC(c3ccc(Cl)cc3)=NO2)cc1. The molecule has 2 aromatic carbocycles. The Hall–Kier alpha value is -2.57. The Kier molecular flexibility index (Phi) is 4.98. The molecule has 0 saturated carbocycles. The largest absolute Gasteiger partial charge is 0.490 e. The number of hydrogen-bond donors (Lipinski definition) is 2. The lowest BCUT2D eigenvalue weighted by Crippen LogP contribution is -2.29. The van der Waals surface area contributed by atoms with Crippen molar-refractivity contribution in [3.05, 3.63) is 64.7 Å². The summed E-state index contributed by atoms with van der Waals surface area (Å²) >= 11 is 5.88. The fraction of sp³-hybridized carbons (Fsp3) is 0.176. The maximum Gasteiger partial charge on any atom is 0.265 e. The fourth-order valence-corrected chi connectivity index (χ4v) is 2.43. The highest BCUT2D eigenvalue weighted by molar-refractivity contribution is 6.30. The minimum atomic E-state index is -0.346. The molecule has 124 valence electrons. The van der Waals surface area contributed by atoms with Gasteiger partial charge in [-0.15, -0.1) is 0 Å². The molecular weight excluding hydrogens is 330 g/mol. The molecule has 0 unspecified atom stereocenters. The summed E-state index contributed by atoms with van der Waals surface area (Å²) in [7, 11) is 0. The molecule has 0 saturated heterocycles. The van der Waals surface area contributed by atoms with Crippen LogP contribution in [0.25, 0.3) is 0 Å². The molecule has 3 rings (SSSR count). The van der Waals surface area contributed by atoms with Gasteiger partial charge in [0, 0.05) is 17.0 Å². The molecule has 1 atom stereocenters. The van der Waals surface area contributed by atoms with Gasteiger partial charge in [-0.3, -0.25) is 10.2 Å². The summed E-state index contributed by atoms with van der Waals surface area (Å²) in [6.45, 7) is 0.364. The van der Waals surface area contributed by atoms with Gasteiger partial charge in [0.2, 0.25) is 0 Å². The molecular formula is C17H16ClN3O3. The van der Waals surface area contributed by atoms with Gasteiger partial charge in [-0.25, -0.2) is 5.84 Å². The predicted octanol–water partition coefficient (Wildman–Crippen LogP) is 2.52. The van der Waals surface area contributed by atoms with E-state index in [0.29, 0.717) is 29.4 Å². The molecule has 0 spiro atoms. The van der Waals surface area contributed by atoms with Crippen LogP contribution in [0.15, 0.2) is 53.7 Å². The zero-order valence-electron chi connectivity index (χ0n) is 12.7. The third-order valence-electron chi connectivity index (χ3n) is 3.59. The van der Waals surface area contributed by atoms with Crippen LogP contribution < -0.4 is 16.0 Å². The Morgan fingerprint density at radius 1 is 1.25 bits per heavy atom. The van der Waals surface area contributed by atoms with Gasteiger partial charge in [-0.05, 0) is 42.0 Å². The van der Waals surface area contributed by atoms with Crippen molar-refractivity contribution in [1.29, 1.82) is 0 Å². The maximum absolute atomic E-state index is 11.4. The molecule has 7 heteroatoms. The number of amides is 1. The van der Waals surface area contributed by atoms with Crippen molar-refractivity contribution in [1.82, 2.24) is 5.43 Å². The zero-order chi connectivity index (χ0) is 16.9. The van der Waals surface area contributed by atoms with Crippen LogP contribution in [0.4, 0.5) is 0 Å². The molecule has 0 aliphatic carbocycles. The molecule has 1 aliphatic heterocycles. The minimum Gasteiger partial charge on any atom is -0.490 e. The maximum atomic E-state index is 11.4. The summed E-state index contributed by atoms with van der Waals surface area (Å²) in [6, 6.07) is 14.2. The summed E-state index contributed by atoms with van der Waals surface area (Å²) in [5.74, 6) is 5.39. The molecule has 0 aromatic heterocycles. The van der Waals surface area contributed by atoms with Gasteiger partial charge in [0.05, 0.1) is 5.71 Å². The van der Waals surface area contributed by atoms with E-state index in [2.05, 4.69) is 10.6 Å². The Labute approximate surface area is 144 Å². The van der Waals surface area contributed by atoms with Crippen LogP contribution >= 0.6 is 11.6 Å². The average molecular weight is 346 g/mol. The van der Waals surface area contributed by atoms with Gasteiger partial charge in [-0.1, -0.05) is 28.9 Å². The third kappa shape index (κ3) is 3.84. The second-order valence-corrected chi connectivity index (χ2v) is 5.72. The number of nitrogens with one attached hydrogen (secondary N) is 1. The number of nitrogen functional groups attached to an aromatic ring is 1. The van der Waals surface area contributed by atoms with Gasteiger partial charge in [-0.2, -0.15) is 0 Å². The third-order valence-corrected chi connectivity index (χ3v) is 3.85. The van der Waals surface area contributed by atoms with Crippen molar-refractivity contribution in [3.8, 4) is 5.75 Å². The number of rotatable bonds is 5. The van der Waals surface area contributed by atoms with Crippen molar-refractivity contribution in [2.45, 2.75) is 12.5 Å². The Balaban J connectivity index is 1.52. The number of ether oxygens (including phenoxy) is 1. The second kappa shape index (κ2) is 7.33. The first-order chi connectivity index (χ1) is 11.7. The number of oxime groups is 1. The van der Waals surface area contributed by atoms with Crippen LogP contribution in [0.2, 0.25) is 5.02 Å². The summed E-state index contributed by atoms with van der Waals surface area (Å²) in [5, 5.41) is 4.79. The van der Waals surface area contributed by atoms with E-state index in [4.69, 9.17) is 27.0 Å². The number of hydrazine groups is 1. The lowest BCUT2D eigenvalue weighted by atomic mass is 10.1. The standard InChI is InChI=1S/C17H16ClN3O3/c18-13-5-1-11(2-6-13)16-9-15(24-21-16)10-23-14-7-3-12(4-8-14)17(22)20-19/h1-8,15H,9-10,19H2,(H,20,22)/t15-/m0/s1. The first-order valence-corrected chi connectivity index (χ1v) is 7.76. The van der Waals surface area contributed by atoms with E-state index >= 15 is 0 Å². The lowest BCUT2D eigenvalue weighted by Gasteiger charge is -2.11. The van der Waals surface area contributed by atoms with E-state index < -0.39 is 0 Å². The molecule has 0 bridgehead atoms. The summed E-state index contributed by atoms with van der Waals surface area (Å²) in [6.07, 6.45) is 0.512. The topological polar surface area (TPSA) is 85.9 Å². The molecule has 24 heavy (non-hydrogen) atoms. The molecule has 6 nitrogen and oxygen atoms in total. The molecule has 0 fully saturated rings. The molecule has 0 radical (unpaired) electrons. The second-order valence-electron chi connectivity index (χ2n) is 5.29. The van der Waals surface area contributed by atoms with Crippen molar-refractivity contribution < 1.29 is 14.4 Å². The van der Waals surface area contributed by atoms with E-state index in [1.54, 1.807) is 24.3 Å². The molecule has 1 heterocycles. The van der Waals surface area contributed by atoms with Crippen molar-refractivity contribution >= 4 is 23.2 Å². The van der Waals surface area contributed by atoms with E-state index in [9.17, 15) is 4.79 Å². The van der Waals surface area contributed by atoms with Gasteiger partial charge in [0.15, 0.2) is 6.10 Å². The number of nitrogens with two attached hydrogens (primary N) is 1. The van der Waals surface area contributed by atoms with Crippen LogP contribution in [0.1, 0.15) is 22.3 Å². The quantitative estimate of drug-likeness (QED) is 0.495. The Bertz CT molecular complexity index is 745. The highest BCUT2D eigenvalue weighted by Gasteiger charge is 2.22. The minimum absolute atomic E-state index is 0.150. The lowest BCUT2D eigenvalue weighted by molar-refractivity contribution is 0.0471. The number of benzene rings is 2. The van der Waals surface area contributed by atoms with Crippen molar-refractivity contribution in [3.63, 3.8) is 0 Å². The number of carbonyl (C=O) groups excluding carboxylic acids is 1. The normalized spacial score (nSPS) is 16.2. The highest BCUT2D eigenvalue weighted by Crippen LogP contribution is 2.20. The van der Waals surface area contributed by atoms with Crippen molar-refractivity contribution in [2.75, 3.05) is 6.61 Å². The van der Waals surface area contributed by atoms with Crippen LogP contribution in [0, 0.1) is 0 Å². The average Bonchev–Trinajstić information content (AvgIpc) is 3.09. The first-order valence-electron chi connectivity index (χ1n) is 7.38. The van der Waals surface area contributed by atoms with Crippen molar-refractivity contribution in [2.24, 2.45) is 11.0 Å². The number of hydrogen-bond acceptors (Lipinski definition) is 5. The van der Waals surface area contributed by atoms with E-state index in [1.807, 2.05) is 24.3 Å². The van der Waals surface area contributed by atoms with E-state index in [1.165, 1.54) is 0 Å². The van der Waals surface area contributed by atoms with Crippen LogP contribution in [0.5, 0.6) is 5.75 Å². The Morgan fingerprint density at radius 2 is 1.96 bits per heavy atom. The fourth-order valence-electron chi connectivity index (χ4n) is 2.31. The van der Waals surface area contributed by atoms with E-state index in [0.717, 1.165) is 11.3 Å². The molecule has 1 amide bonds. The smallest absolute Gasteiger partial charge is 0.265 e. The van der Waals surface area contributed by atoms with Gasteiger partial charge in [0.25, 0.3) is 5.91 Å². The predicted molar refractivity (Wildman–Crippen MR) is 91.1 cm³/mol. The highest BCUT2D eigenvalue weighted by atomic mass is 35.5. The van der Waals surface area contributed by atoms with Gasteiger partial charge in [0.1, 0.15) is 12.4 Å². The molecule has 3 N–H and O–H groups in total. The van der Waals surface area contributed by atoms with Crippen LogP contribution in [0.3, 0.4) is 0 Å². The monoisotopic (exact) mass is 345 g/mol.